The van der Waals surface area contributed by atoms with E-state index in [4.69, 9.17) is 10.5 Å². The van der Waals surface area contributed by atoms with Crippen molar-refractivity contribution in [1.29, 1.82) is 0 Å². The molecule has 5 nitrogen and oxygen atoms in total. The predicted octanol–water partition coefficient (Wildman–Crippen LogP) is 3.44. The number of ether oxygens (including phenoxy) is 1. The molecule has 0 fully saturated rings. The van der Waals surface area contributed by atoms with Gasteiger partial charge in [0.05, 0.1) is 6.10 Å². The van der Waals surface area contributed by atoms with E-state index in [1.807, 2.05) is 81.4 Å². The number of rotatable bonds is 8. The maximum absolute atomic E-state index is 12.3. The third-order valence-electron chi connectivity index (χ3n) is 4.38. The summed E-state index contributed by atoms with van der Waals surface area (Å²) < 4.78 is 5.38. The van der Waals surface area contributed by atoms with E-state index in [1.165, 1.54) is 0 Å². The van der Waals surface area contributed by atoms with Gasteiger partial charge in [-0.1, -0.05) is 60.7 Å². The molecule has 0 aromatic heterocycles. The van der Waals surface area contributed by atoms with Crippen molar-refractivity contribution in [2.75, 3.05) is 0 Å². The Morgan fingerprint density at radius 1 is 1.00 bits per heavy atom. The molecule has 2 aromatic rings. The van der Waals surface area contributed by atoms with Gasteiger partial charge in [-0.15, -0.1) is 0 Å². The Hall–Kier alpha value is -2.37. The lowest BCUT2D eigenvalue weighted by Crippen LogP contribution is -2.46. The van der Waals surface area contributed by atoms with Gasteiger partial charge in [0.2, 0.25) is 0 Å². The fourth-order valence-corrected chi connectivity index (χ4v) is 3.05. The molecule has 0 saturated heterocycles. The first kappa shape index (κ1) is 21.9. The van der Waals surface area contributed by atoms with E-state index < -0.39 is 23.8 Å². The van der Waals surface area contributed by atoms with Gasteiger partial charge in [-0.25, -0.2) is 4.79 Å². The number of hydrogen-bond donors (Lipinski definition) is 3. The van der Waals surface area contributed by atoms with Crippen LogP contribution in [0.3, 0.4) is 0 Å². The largest absolute Gasteiger partial charge is 0.444 e. The second kappa shape index (κ2) is 10.2. The molecular formula is C23H32N2O3. The Kier molecular flexibility index (Phi) is 8.03. The molecule has 152 valence electrons. The molecule has 0 saturated carbocycles. The molecule has 2 rings (SSSR count). The summed E-state index contributed by atoms with van der Waals surface area (Å²) in [6.07, 6.45) is 0.283. The van der Waals surface area contributed by atoms with Gasteiger partial charge in [0, 0.05) is 12.1 Å². The van der Waals surface area contributed by atoms with E-state index >= 15 is 0 Å². The normalized spacial score (nSPS) is 14.8. The van der Waals surface area contributed by atoms with Crippen LogP contribution in [0.2, 0.25) is 0 Å². The van der Waals surface area contributed by atoms with Gasteiger partial charge in [0.1, 0.15) is 5.60 Å². The van der Waals surface area contributed by atoms with Gasteiger partial charge in [0.15, 0.2) is 0 Å². The molecule has 0 spiro atoms. The number of carbonyl (C=O) groups excluding carboxylic acids is 1. The summed E-state index contributed by atoms with van der Waals surface area (Å²) in [5, 5.41) is 13.6. The molecule has 3 atom stereocenters. The molecular weight excluding hydrogens is 352 g/mol. The topological polar surface area (TPSA) is 84.6 Å². The molecule has 0 aliphatic carbocycles. The second-order valence-corrected chi connectivity index (χ2v) is 8.19. The lowest BCUT2D eigenvalue weighted by atomic mass is 9.94. The van der Waals surface area contributed by atoms with E-state index in [0.717, 1.165) is 11.1 Å². The number of alkyl carbamates (subject to hydrolysis) is 1. The van der Waals surface area contributed by atoms with Gasteiger partial charge in [-0.2, -0.15) is 0 Å². The zero-order chi connectivity index (χ0) is 20.6. The van der Waals surface area contributed by atoms with E-state index in [2.05, 4.69) is 5.32 Å². The summed E-state index contributed by atoms with van der Waals surface area (Å²) >= 11 is 0. The summed E-state index contributed by atoms with van der Waals surface area (Å²) in [7, 11) is 0. The highest BCUT2D eigenvalue weighted by atomic mass is 16.6. The number of aliphatic hydroxyl groups is 1. The third kappa shape index (κ3) is 8.11. The molecule has 0 radical (unpaired) electrons. The molecule has 0 aliphatic rings. The minimum absolute atomic E-state index is 0.283. The Morgan fingerprint density at radius 3 is 2.00 bits per heavy atom. The number of hydrogen-bond acceptors (Lipinski definition) is 4. The average Bonchev–Trinajstić information content (AvgIpc) is 2.61. The van der Waals surface area contributed by atoms with Gasteiger partial charge in [-0.05, 0) is 51.2 Å². The summed E-state index contributed by atoms with van der Waals surface area (Å²) in [6, 6.07) is 19.0. The minimum Gasteiger partial charge on any atom is -0.444 e. The van der Waals surface area contributed by atoms with Crippen molar-refractivity contribution in [2.24, 2.45) is 5.73 Å². The van der Waals surface area contributed by atoms with Crippen LogP contribution in [0, 0.1) is 0 Å². The van der Waals surface area contributed by atoms with Crippen molar-refractivity contribution >= 4 is 6.09 Å². The number of nitrogens with two attached hydrogens (primary N) is 1. The van der Waals surface area contributed by atoms with Crippen LogP contribution in [-0.2, 0) is 17.6 Å². The first-order chi connectivity index (χ1) is 13.2. The summed E-state index contributed by atoms with van der Waals surface area (Å²) in [4.78, 5) is 12.3. The van der Waals surface area contributed by atoms with Gasteiger partial charge in [0.25, 0.3) is 0 Å². The maximum Gasteiger partial charge on any atom is 0.407 e. The lowest BCUT2D eigenvalue weighted by molar-refractivity contribution is 0.0475. The lowest BCUT2D eigenvalue weighted by Gasteiger charge is -2.27. The number of benzene rings is 2. The number of amides is 1. The maximum atomic E-state index is 12.3. The van der Waals surface area contributed by atoms with Gasteiger partial charge in [-0.3, -0.25) is 0 Å². The van der Waals surface area contributed by atoms with Crippen LogP contribution in [0.1, 0.15) is 38.3 Å². The van der Waals surface area contributed by atoms with Crippen molar-refractivity contribution in [1.82, 2.24) is 5.32 Å². The standard InChI is InChI=1S/C23H32N2O3/c1-23(2,3)28-22(27)25-19(14-17-10-6-4-7-11-17)16-21(26)20(24)15-18-12-8-5-9-13-18/h4-13,19-21,26H,14-16,24H2,1-3H3,(H,25,27)/t19-,20?,21-/m0/s1. The van der Waals surface area contributed by atoms with E-state index in [0.29, 0.717) is 19.3 Å². The molecule has 1 unspecified atom stereocenters. The highest BCUT2D eigenvalue weighted by molar-refractivity contribution is 5.68. The number of aliphatic hydroxyl groups excluding tert-OH is 1. The third-order valence-corrected chi connectivity index (χ3v) is 4.38. The molecule has 2 aromatic carbocycles. The Labute approximate surface area is 167 Å². The van der Waals surface area contributed by atoms with Crippen LogP contribution < -0.4 is 11.1 Å². The SMILES string of the molecule is CC(C)(C)OC(=O)N[C@@H](Cc1ccccc1)C[C@H](O)C(N)Cc1ccccc1. The Balaban J connectivity index is 2.01. The highest BCUT2D eigenvalue weighted by Crippen LogP contribution is 2.14. The molecule has 1 amide bonds. The van der Waals surface area contributed by atoms with Crippen molar-refractivity contribution in [3.8, 4) is 0 Å². The van der Waals surface area contributed by atoms with E-state index in [1.54, 1.807) is 0 Å². The van der Waals surface area contributed by atoms with Crippen molar-refractivity contribution in [2.45, 2.75) is 63.8 Å². The van der Waals surface area contributed by atoms with Crippen LogP contribution in [0.5, 0.6) is 0 Å². The zero-order valence-electron chi connectivity index (χ0n) is 17.0. The summed E-state index contributed by atoms with van der Waals surface area (Å²) in [6.45, 7) is 5.47. The van der Waals surface area contributed by atoms with Crippen molar-refractivity contribution in [3.05, 3.63) is 71.8 Å². The first-order valence-electron chi connectivity index (χ1n) is 9.74. The Bertz CT molecular complexity index is 714. The molecule has 0 heterocycles. The van der Waals surface area contributed by atoms with Crippen LogP contribution in [0.15, 0.2) is 60.7 Å². The summed E-state index contributed by atoms with van der Waals surface area (Å²) in [5.74, 6) is 0. The van der Waals surface area contributed by atoms with Crippen LogP contribution in [-0.4, -0.2) is 35.0 Å². The predicted molar refractivity (Wildman–Crippen MR) is 112 cm³/mol. The number of carbonyl (C=O) groups is 1. The van der Waals surface area contributed by atoms with E-state index in [9.17, 15) is 9.90 Å². The van der Waals surface area contributed by atoms with Crippen molar-refractivity contribution < 1.29 is 14.6 Å². The molecule has 0 bridgehead atoms. The van der Waals surface area contributed by atoms with Crippen LogP contribution in [0.25, 0.3) is 0 Å². The van der Waals surface area contributed by atoms with Crippen molar-refractivity contribution in [3.63, 3.8) is 0 Å². The first-order valence-corrected chi connectivity index (χ1v) is 9.74. The molecule has 5 heteroatoms. The molecule has 0 aliphatic heterocycles. The second-order valence-electron chi connectivity index (χ2n) is 8.19. The number of nitrogens with one attached hydrogen (secondary N) is 1. The monoisotopic (exact) mass is 384 g/mol. The van der Waals surface area contributed by atoms with E-state index in [-0.39, 0.29) is 6.04 Å². The van der Waals surface area contributed by atoms with Crippen LogP contribution in [0.4, 0.5) is 4.79 Å². The highest BCUT2D eigenvalue weighted by Gasteiger charge is 2.24. The summed E-state index contributed by atoms with van der Waals surface area (Å²) in [5.41, 5.74) is 7.80. The molecule has 28 heavy (non-hydrogen) atoms. The average molecular weight is 385 g/mol. The van der Waals surface area contributed by atoms with Gasteiger partial charge < -0.3 is 20.9 Å². The van der Waals surface area contributed by atoms with Crippen LogP contribution >= 0.6 is 0 Å². The quantitative estimate of drug-likeness (QED) is 0.651. The fourth-order valence-electron chi connectivity index (χ4n) is 3.05. The smallest absolute Gasteiger partial charge is 0.407 e. The van der Waals surface area contributed by atoms with Gasteiger partial charge >= 0.3 is 6.09 Å². The molecule has 4 N–H and O–H groups in total. The Morgan fingerprint density at radius 2 is 1.50 bits per heavy atom. The minimum atomic E-state index is -0.746. The fraction of sp³-hybridized carbons (Fsp3) is 0.435. The zero-order valence-corrected chi connectivity index (χ0v) is 17.0.